The molecule has 0 atom stereocenters. The Morgan fingerprint density at radius 1 is 0.348 bits per heavy atom. The van der Waals surface area contributed by atoms with Crippen LogP contribution in [0, 0.1) is 17.5 Å². The SMILES string of the molecule is O=C(c1ccccc1)c1cccc(B(c2cccc(C(=O)c3ccccc3)c2F)c2cccc(C(=O)c3ccccc3)c2F)c1F. The molecule has 0 bridgehead atoms. The summed E-state index contributed by atoms with van der Waals surface area (Å²) in [6.45, 7) is -1.48. The minimum atomic E-state index is -1.48. The quantitative estimate of drug-likeness (QED) is 0.143. The Hall–Kier alpha value is -5.82. The van der Waals surface area contributed by atoms with E-state index < -0.39 is 41.5 Å². The van der Waals surface area contributed by atoms with E-state index in [1.807, 2.05) is 0 Å². The lowest BCUT2D eigenvalue weighted by Gasteiger charge is -2.20. The van der Waals surface area contributed by atoms with E-state index in [2.05, 4.69) is 0 Å². The highest BCUT2D eigenvalue weighted by molar-refractivity contribution is 6.95. The van der Waals surface area contributed by atoms with E-state index in [0.717, 1.165) is 0 Å². The maximum Gasteiger partial charge on any atom is 0.252 e. The second kappa shape index (κ2) is 13.0. The number of rotatable bonds is 9. The van der Waals surface area contributed by atoms with Crippen LogP contribution in [0.3, 0.4) is 0 Å². The maximum atomic E-state index is 16.5. The molecule has 0 aromatic heterocycles. The number of hydrogen-bond donors (Lipinski definition) is 0. The Bertz CT molecular complexity index is 1840. The summed E-state index contributed by atoms with van der Waals surface area (Å²) in [6, 6.07) is 36.6. The van der Waals surface area contributed by atoms with Crippen LogP contribution >= 0.6 is 0 Å². The minimum absolute atomic E-state index is 0.201. The third-order valence-electron chi connectivity index (χ3n) is 7.86. The lowest BCUT2D eigenvalue weighted by atomic mass is 9.36. The first-order valence-electron chi connectivity index (χ1n) is 14.5. The Morgan fingerprint density at radius 3 is 0.870 bits per heavy atom. The normalized spacial score (nSPS) is 10.8. The summed E-state index contributed by atoms with van der Waals surface area (Å²) in [5, 5.41) is 0. The van der Waals surface area contributed by atoms with Crippen LogP contribution in [0.2, 0.25) is 0 Å². The van der Waals surface area contributed by atoms with Crippen molar-refractivity contribution in [3.63, 3.8) is 0 Å². The van der Waals surface area contributed by atoms with E-state index in [1.165, 1.54) is 54.6 Å². The first kappa shape index (κ1) is 30.2. The number of hydrogen-bond acceptors (Lipinski definition) is 3. The highest BCUT2D eigenvalue weighted by atomic mass is 19.1. The van der Waals surface area contributed by atoms with Crippen molar-refractivity contribution >= 4 is 40.5 Å². The molecule has 0 aliphatic rings. The van der Waals surface area contributed by atoms with Crippen molar-refractivity contribution in [3.05, 3.63) is 196 Å². The molecule has 7 heteroatoms. The van der Waals surface area contributed by atoms with Crippen molar-refractivity contribution in [2.24, 2.45) is 0 Å². The fourth-order valence-electron chi connectivity index (χ4n) is 5.58. The smallest absolute Gasteiger partial charge is 0.252 e. The Labute approximate surface area is 264 Å². The van der Waals surface area contributed by atoms with Gasteiger partial charge in [0, 0.05) is 16.7 Å². The Morgan fingerprint density at radius 2 is 0.609 bits per heavy atom. The van der Waals surface area contributed by atoms with Crippen LogP contribution < -0.4 is 16.4 Å². The molecule has 0 saturated heterocycles. The number of halogens is 3. The van der Waals surface area contributed by atoms with Gasteiger partial charge in [-0.05, 0) is 34.6 Å². The molecule has 0 spiro atoms. The highest BCUT2D eigenvalue weighted by Crippen LogP contribution is 2.18. The van der Waals surface area contributed by atoms with Gasteiger partial charge in [0.2, 0.25) is 0 Å². The van der Waals surface area contributed by atoms with E-state index in [9.17, 15) is 14.4 Å². The zero-order valence-corrected chi connectivity index (χ0v) is 24.3. The first-order valence-corrected chi connectivity index (χ1v) is 14.5. The fraction of sp³-hybridized carbons (Fsp3) is 0. The first-order chi connectivity index (χ1) is 22.4. The predicted octanol–water partition coefficient (Wildman–Crippen LogP) is 6.31. The van der Waals surface area contributed by atoms with Crippen molar-refractivity contribution in [2.75, 3.05) is 0 Å². The summed E-state index contributed by atoms with van der Waals surface area (Å²) >= 11 is 0. The van der Waals surface area contributed by atoms with Gasteiger partial charge in [-0.25, -0.2) is 13.2 Å². The van der Waals surface area contributed by atoms with E-state index in [1.54, 1.807) is 91.0 Å². The van der Waals surface area contributed by atoms with Gasteiger partial charge in [-0.3, -0.25) is 14.4 Å². The Kier molecular flexibility index (Phi) is 8.57. The molecule has 6 rings (SSSR count). The molecule has 0 radical (unpaired) electrons. The topological polar surface area (TPSA) is 51.2 Å². The van der Waals surface area contributed by atoms with Crippen LogP contribution in [0.25, 0.3) is 0 Å². The van der Waals surface area contributed by atoms with E-state index in [-0.39, 0.29) is 49.8 Å². The average molecular weight is 608 g/mol. The molecule has 6 aromatic rings. The zero-order valence-electron chi connectivity index (χ0n) is 24.3. The standard InChI is InChI=1S/C39H24BF3O3/c41-34-28(37(44)25-13-4-1-5-14-25)19-10-22-31(34)40(32-23-11-20-29(35(32)42)38(45)26-15-6-2-7-16-26)33-24-12-21-30(36(33)43)39(46)27-17-8-3-9-18-27/h1-24H. The van der Waals surface area contributed by atoms with Crippen LogP contribution in [-0.2, 0) is 0 Å². The summed E-state index contributed by atoms with van der Waals surface area (Å²) in [6.07, 6.45) is 0. The highest BCUT2D eigenvalue weighted by Gasteiger charge is 2.34. The van der Waals surface area contributed by atoms with Crippen LogP contribution in [0.15, 0.2) is 146 Å². The molecular weight excluding hydrogens is 584 g/mol. The van der Waals surface area contributed by atoms with Gasteiger partial charge in [0.05, 0.1) is 16.7 Å². The minimum Gasteiger partial charge on any atom is -0.288 e. The molecule has 0 unspecified atom stereocenters. The van der Waals surface area contributed by atoms with Gasteiger partial charge in [0.15, 0.2) is 17.3 Å². The Balaban J connectivity index is 1.57. The maximum absolute atomic E-state index is 16.5. The van der Waals surface area contributed by atoms with Gasteiger partial charge in [-0.15, -0.1) is 0 Å². The monoisotopic (exact) mass is 608 g/mol. The summed E-state index contributed by atoms with van der Waals surface area (Å²) in [7, 11) is 0. The van der Waals surface area contributed by atoms with Gasteiger partial charge in [0.1, 0.15) is 17.5 Å². The largest absolute Gasteiger partial charge is 0.288 e. The molecule has 3 nitrogen and oxygen atoms in total. The summed E-state index contributed by atoms with van der Waals surface area (Å²) in [4.78, 5) is 40.1. The fourth-order valence-corrected chi connectivity index (χ4v) is 5.58. The van der Waals surface area contributed by atoms with E-state index in [4.69, 9.17) is 0 Å². The third kappa shape index (κ3) is 5.71. The van der Waals surface area contributed by atoms with Crippen LogP contribution in [0.4, 0.5) is 13.2 Å². The zero-order chi connectivity index (χ0) is 32.2. The van der Waals surface area contributed by atoms with Gasteiger partial charge in [-0.2, -0.15) is 0 Å². The summed E-state index contributed by atoms with van der Waals surface area (Å²) in [5.74, 6) is -4.75. The summed E-state index contributed by atoms with van der Waals surface area (Å²) < 4.78 is 49.6. The molecule has 0 fully saturated rings. The predicted molar refractivity (Wildman–Crippen MR) is 173 cm³/mol. The molecule has 46 heavy (non-hydrogen) atoms. The number of carbonyl (C=O) groups is 3. The molecule has 222 valence electrons. The molecule has 0 saturated carbocycles. The van der Waals surface area contributed by atoms with Crippen LogP contribution in [0.1, 0.15) is 47.8 Å². The molecular formula is C39H24BF3O3. The van der Waals surface area contributed by atoms with Crippen molar-refractivity contribution in [3.8, 4) is 0 Å². The molecule has 0 N–H and O–H groups in total. The van der Waals surface area contributed by atoms with E-state index >= 15 is 13.2 Å². The second-order valence-corrected chi connectivity index (χ2v) is 10.6. The van der Waals surface area contributed by atoms with Crippen molar-refractivity contribution in [2.45, 2.75) is 0 Å². The van der Waals surface area contributed by atoms with Crippen molar-refractivity contribution in [1.29, 1.82) is 0 Å². The van der Waals surface area contributed by atoms with Crippen LogP contribution in [0.5, 0.6) is 0 Å². The van der Waals surface area contributed by atoms with Gasteiger partial charge in [-0.1, -0.05) is 127 Å². The van der Waals surface area contributed by atoms with Gasteiger partial charge >= 0.3 is 0 Å². The van der Waals surface area contributed by atoms with Gasteiger partial charge in [0.25, 0.3) is 6.71 Å². The molecule has 0 aliphatic heterocycles. The van der Waals surface area contributed by atoms with E-state index in [0.29, 0.717) is 0 Å². The van der Waals surface area contributed by atoms with Crippen molar-refractivity contribution < 1.29 is 27.6 Å². The number of benzene rings is 6. The second-order valence-electron chi connectivity index (χ2n) is 10.6. The van der Waals surface area contributed by atoms with Crippen molar-refractivity contribution in [1.82, 2.24) is 0 Å². The number of ketones is 3. The lowest BCUT2D eigenvalue weighted by Crippen LogP contribution is -2.56. The average Bonchev–Trinajstić information content (AvgIpc) is 3.10. The molecule has 0 heterocycles. The summed E-state index contributed by atoms with van der Waals surface area (Å²) in [5.41, 5.74) is -0.766. The number of carbonyl (C=O) groups excluding carboxylic acids is 3. The molecule has 0 amide bonds. The molecule has 0 aliphatic carbocycles. The third-order valence-corrected chi connectivity index (χ3v) is 7.86. The molecule has 6 aromatic carbocycles. The van der Waals surface area contributed by atoms with Gasteiger partial charge < -0.3 is 0 Å². The lowest BCUT2D eigenvalue weighted by molar-refractivity contribution is 0.102. The van der Waals surface area contributed by atoms with Crippen LogP contribution in [-0.4, -0.2) is 24.1 Å².